The van der Waals surface area contributed by atoms with E-state index in [1.165, 1.54) is 6.07 Å². The lowest BCUT2D eigenvalue weighted by atomic mass is 10.0. The van der Waals surface area contributed by atoms with Crippen LogP contribution in [0.1, 0.15) is 24.2 Å². The fraction of sp³-hybridized carbons (Fsp3) is 0.200. The SMILES string of the molecule is CCOc1ccc(C(O)c2ccc(F)c(F)c2)c(Br)c1. The van der Waals surface area contributed by atoms with Crippen molar-refractivity contribution < 1.29 is 18.6 Å². The first kappa shape index (κ1) is 14.9. The van der Waals surface area contributed by atoms with Gasteiger partial charge in [0.2, 0.25) is 0 Å². The third kappa shape index (κ3) is 3.16. The summed E-state index contributed by atoms with van der Waals surface area (Å²) in [6.45, 7) is 2.41. The third-order valence-electron chi connectivity index (χ3n) is 2.84. The molecule has 0 aromatic heterocycles. The van der Waals surface area contributed by atoms with Crippen LogP contribution in [0.2, 0.25) is 0 Å². The summed E-state index contributed by atoms with van der Waals surface area (Å²) in [5.41, 5.74) is 0.841. The first-order valence-corrected chi connectivity index (χ1v) is 6.87. The largest absolute Gasteiger partial charge is 0.494 e. The van der Waals surface area contributed by atoms with Crippen molar-refractivity contribution in [3.8, 4) is 5.75 Å². The lowest BCUT2D eigenvalue weighted by molar-refractivity contribution is 0.218. The zero-order valence-corrected chi connectivity index (χ0v) is 12.3. The minimum atomic E-state index is -1.05. The van der Waals surface area contributed by atoms with Crippen molar-refractivity contribution in [2.24, 2.45) is 0 Å². The summed E-state index contributed by atoms with van der Waals surface area (Å²) >= 11 is 3.34. The van der Waals surface area contributed by atoms with Gasteiger partial charge in [0.1, 0.15) is 11.9 Å². The van der Waals surface area contributed by atoms with Crippen molar-refractivity contribution >= 4 is 15.9 Å². The molecule has 0 fully saturated rings. The van der Waals surface area contributed by atoms with Crippen molar-refractivity contribution in [1.29, 1.82) is 0 Å². The Morgan fingerprint density at radius 1 is 1.15 bits per heavy atom. The van der Waals surface area contributed by atoms with Crippen molar-refractivity contribution in [2.75, 3.05) is 6.61 Å². The Morgan fingerprint density at radius 2 is 1.90 bits per heavy atom. The average molecular weight is 343 g/mol. The van der Waals surface area contributed by atoms with Gasteiger partial charge in [0.15, 0.2) is 11.6 Å². The van der Waals surface area contributed by atoms with E-state index in [0.717, 1.165) is 12.1 Å². The molecular formula is C15H13BrF2O2. The van der Waals surface area contributed by atoms with E-state index in [0.29, 0.717) is 22.4 Å². The molecule has 0 saturated heterocycles. The Balaban J connectivity index is 2.32. The Kier molecular flexibility index (Phi) is 4.73. The lowest BCUT2D eigenvalue weighted by Crippen LogP contribution is -2.02. The van der Waals surface area contributed by atoms with Gasteiger partial charge in [-0.2, -0.15) is 0 Å². The lowest BCUT2D eigenvalue weighted by Gasteiger charge is -2.14. The molecule has 0 saturated carbocycles. The Bertz CT molecular complexity index is 617. The number of aliphatic hydroxyl groups excluding tert-OH is 1. The van der Waals surface area contributed by atoms with Crippen molar-refractivity contribution in [1.82, 2.24) is 0 Å². The molecule has 0 radical (unpaired) electrons. The highest BCUT2D eigenvalue weighted by atomic mass is 79.9. The molecule has 1 unspecified atom stereocenters. The van der Waals surface area contributed by atoms with Crippen LogP contribution < -0.4 is 4.74 Å². The molecule has 0 aliphatic heterocycles. The molecule has 0 spiro atoms. The Labute approximate surface area is 124 Å². The minimum Gasteiger partial charge on any atom is -0.494 e. The maximum atomic E-state index is 13.2. The van der Waals surface area contributed by atoms with Gasteiger partial charge < -0.3 is 9.84 Å². The van der Waals surface area contributed by atoms with E-state index < -0.39 is 17.7 Å². The molecule has 20 heavy (non-hydrogen) atoms. The number of halogens is 3. The number of rotatable bonds is 4. The van der Waals surface area contributed by atoms with Crippen LogP contribution in [0.5, 0.6) is 5.75 Å². The minimum absolute atomic E-state index is 0.286. The van der Waals surface area contributed by atoms with E-state index in [9.17, 15) is 13.9 Å². The molecular weight excluding hydrogens is 330 g/mol. The predicted octanol–water partition coefficient (Wildman–Crippen LogP) is 4.21. The molecule has 2 nitrogen and oxygen atoms in total. The Hall–Kier alpha value is -1.46. The summed E-state index contributed by atoms with van der Waals surface area (Å²) in [5.74, 6) is -1.25. The molecule has 0 bridgehead atoms. The second kappa shape index (κ2) is 6.33. The smallest absolute Gasteiger partial charge is 0.159 e. The summed E-state index contributed by atoms with van der Waals surface area (Å²) < 4.78 is 32.1. The standard InChI is InChI=1S/C15H13BrF2O2/c1-2-20-10-4-5-11(12(16)8-10)15(19)9-3-6-13(17)14(18)7-9/h3-8,15,19H,2H2,1H3. The molecule has 0 amide bonds. The van der Waals surface area contributed by atoms with Crippen LogP contribution in [0.15, 0.2) is 40.9 Å². The molecule has 2 aromatic rings. The van der Waals surface area contributed by atoms with Gasteiger partial charge in [0.05, 0.1) is 6.61 Å². The van der Waals surface area contributed by atoms with Crippen LogP contribution in [0, 0.1) is 11.6 Å². The van der Waals surface area contributed by atoms with Gasteiger partial charge in [-0.1, -0.05) is 28.1 Å². The topological polar surface area (TPSA) is 29.5 Å². The van der Waals surface area contributed by atoms with Crippen LogP contribution in [0.4, 0.5) is 8.78 Å². The quantitative estimate of drug-likeness (QED) is 0.901. The molecule has 0 heterocycles. The van der Waals surface area contributed by atoms with Crippen molar-refractivity contribution in [3.05, 3.63) is 63.6 Å². The van der Waals surface area contributed by atoms with Gasteiger partial charge in [-0.25, -0.2) is 8.78 Å². The summed E-state index contributed by atoms with van der Waals surface area (Å²) in [7, 11) is 0. The predicted molar refractivity (Wildman–Crippen MR) is 75.7 cm³/mol. The van der Waals surface area contributed by atoms with E-state index in [4.69, 9.17) is 4.74 Å². The normalized spacial score (nSPS) is 12.2. The van der Waals surface area contributed by atoms with Crippen LogP contribution in [-0.2, 0) is 0 Å². The number of aliphatic hydroxyl groups is 1. The molecule has 1 N–H and O–H groups in total. The van der Waals surface area contributed by atoms with Gasteiger partial charge in [-0.3, -0.25) is 0 Å². The maximum Gasteiger partial charge on any atom is 0.159 e. The molecule has 106 valence electrons. The van der Waals surface area contributed by atoms with E-state index >= 15 is 0 Å². The highest BCUT2D eigenvalue weighted by Crippen LogP contribution is 2.31. The number of hydrogen-bond donors (Lipinski definition) is 1. The van der Waals surface area contributed by atoms with E-state index in [2.05, 4.69) is 15.9 Å². The molecule has 2 rings (SSSR count). The van der Waals surface area contributed by atoms with Crippen LogP contribution in [0.3, 0.4) is 0 Å². The van der Waals surface area contributed by atoms with Gasteiger partial charge in [0, 0.05) is 4.47 Å². The zero-order valence-electron chi connectivity index (χ0n) is 10.7. The van der Waals surface area contributed by atoms with Gasteiger partial charge >= 0.3 is 0 Å². The van der Waals surface area contributed by atoms with E-state index in [1.54, 1.807) is 18.2 Å². The summed E-state index contributed by atoms with van der Waals surface area (Å²) in [6.07, 6.45) is -1.05. The highest BCUT2D eigenvalue weighted by Gasteiger charge is 2.16. The maximum absolute atomic E-state index is 13.2. The molecule has 0 aliphatic carbocycles. The molecule has 2 aromatic carbocycles. The average Bonchev–Trinajstić information content (AvgIpc) is 2.42. The third-order valence-corrected chi connectivity index (χ3v) is 3.52. The summed E-state index contributed by atoms with van der Waals surface area (Å²) in [4.78, 5) is 0. The fourth-order valence-electron chi connectivity index (χ4n) is 1.85. The first-order chi connectivity index (χ1) is 9.52. The fourth-order valence-corrected chi connectivity index (χ4v) is 2.42. The monoisotopic (exact) mass is 342 g/mol. The van der Waals surface area contributed by atoms with Crippen LogP contribution in [-0.4, -0.2) is 11.7 Å². The summed E-state index contributed by atoms with van der Waals surface area (Å²) in [5, 5.41) is 10.2. The van der Waals surface area contributed by atoms with Crippen molar-refractivity contribution in [2.45, 2.75) is 13.0 Å². The van der Waals surface area contributed by atoms with Gasteiger partial charge in [-0.05, 0) is 42.3 Å². The number of benzene rings is 2. The van der Waals surface area contributed by atoms with E-state index in [-0.39, 0.29) is 5.56 Å². The molecule has 0 aliphatic rings. The first-order valence-electron chi connectivity index (χ1n) is 6.08. The van der Waals surface area contributed by atoms with E-state index in [1.807, 2.05) is 6.92 Å². The Morgan fingerprint density at radius 3 is 2.50 bits per heavy atom. The highest BCUT2D eigenvalue weighted by molar-refractivity contribution is 9.10. The van der Waals surface area contributed by atoms with Crippen LogP contribution in [0.25, 0.3) is 0 Å². The molecule has 5 heteroatoms. The molecule has 1 atom stereocenters. The van der Waals surface area contributed by atoms with Crippen molar-refractivity contribution in [3.63, 3.8) is 0 Å². The van der Waals surface area contributed by atoms with Gasteiger partial charge in [-0.15, -0.1) is 0 Å². The number of ether oxygens (including phenoxy) is 1. The van der Waals surface area contributed by atoms with Gasteiger partial charge in [0.25, 0.3) is 0 Å². The zero-order chi connectivity index (χ0) is 14.7. The second-order valence-corrected chi connectivity index (χ2v) is 5.05. The number of hydrogen-bond acceptors (Lipinski definition) is 2. The summed E-state index contributed by atoms with van der Waals surface area (Å²) in [6, 6.07) is 8.46. The van der Waals surface area contributed by atoms with Crippen LogP contribution >= 0.6 is 15.9 Å². The second-order valence-electron chi connectivity index (χ2n) is 4.19.